The van der Waals surface area contributed by atoms with E-state index in [1.165, 1.54) is 54.7 Å². The number of benzene rings is 1. The third kappa shape index (κ3) is 2.05. The third-order valence-corrected chi connectivity index (χ3v) is 7.25. The van der Waals surface area contributed by atoms with Gasteiger partial charge in [-0.05, 0) is 54.7 Å². The standard InChI is InChI=1S/C23H23N5/c1-2-17(3-1)27-14-19-11-18(27)12-23-25-20-10-15(4-6-21(20)28(19)23)16-5-7-22-24-8-9-26(22)13-16/h4-10,13,17-19H,1-3,11-12,14H2. The zero-order valence-corrected chi connectivity index (χ0v) is 15.8. The number of aromatic nitrogens is 4. The molecule has 2 aliphatic heterocycles. The van der Waals surface area contributed by atoms with Gasteiger partial charge in [-0.25, -0.2) is 9.97 Å². The van der Waals surface area contributed by atoms with Gasteiger partial charge in [-0.2, -0.15) is 0 Å². The Kier molecular flexibility index (Phi) is 2.97. The first-order chi connectivity index (χ1) is 13.8. The average molecular weight is 369 g/mol. The monoisotopic (exact) mass is 369 g/mol. The largest absolute Gasteiger partial charge is 0.323 e. The van der Waals surface area contributed by atoms with E-state index in [2.05, 4.69) is 55.4 Å². The van der Waals surface area contributed by atoms with E-state index < -0.39 is 0 Å². The van der Waals surface area contributed by atoms with Crippen LogP contribution >= 0.6 is 0 Å². The quantitative estimate of drug-likeness (QED) is 0.534. The number of hydrogen-bond donors (Lipinski definition) is 0. The molecule has 1 aliphatic carbocycles. The fourth-order valence-electron chi connectivity index (χ4n) is 5.65. The van der Waals surface area contributed by atoms with E-state index >= 15 is 0 Å². The molecule has 3 aromatic heterocycles. The number of rotatable bonds is 2. The van der Waals surface area contributed by atoms with Crippen molar-refractivity contribution in [2.75, 3.05) is 6.54 Å². The summed E-state index contributed by atoms with van der Waals surface area (Å²) in [7, 11) is 0. The Labute approximate surface area is 163 Å². The van der Waals surface area contributed by atoms with E-state index in [1.54, 1.807) is 0 Å². The second kappa shape index (κ2) is 5.45. The van der Waals surface area contributed by atoms with Crippen LogP contribution in [-0.2, 0) is 6.42 Å². The summed E-state index contributed by atoms with van der Waals surface area (Å²) in [4.78, 5) is 12.2. The maximum Gasteiger partial charge on any atom is 0.136 e. The van der Waals surface area contributed by atoms with Gasteiger partial charge in [-0.3, -0.25) is 4.90 Å². The van der Waals surface area contributed by atoms with Crippen molar-refractivity contribution in [2.45, 2.75) is 50.2 Å². The number of nitrogens with zero attached hydrogens (tertiary/aromatic N) is 5. The summed E-state index contributed by atoms with van der Waals surface area (Å²) < 4.78 is 4.62. The van der Waals surface area contributed by atoms with Crippen LogP contribution in [-0.4, -0.2) is 42.5 Å². The van der Waals surface area contributed by atoms with Gasteiger partial charge in [0.25, 0.3) is 0 Å². The van der Waals surface area contributed by atoms with Crippen LogP contribution in [0.25, 0.3) is 27.8 Å². The molecule has 0 amide bonds. The van der Waals surface area contributed by atoms with Gasteiger partial charge in [0.15, 0.2) is 0 Å². The minimum absolute atomic E-state index is 0.604. The van der Waals surface area contributed by atoms with Crippen molar-refractivity contribution in [1.82, 2.24) is 23.8 Å². The fraction of sp³-hybridized carbons (Fsp3) is 0.391. The van der Waals surface area contributed by atoms with Crippen LogP contribution in [0.3, 0.4) is 0 Å². The molecular formula is C23H23N5. The predicted molar refractivity (Wildman–Crippen MR) is 109 cm³/mol. The highest BCUT2D eigenvalue weighted by atomic mass is 15.3. The molecular weight excluding hydrogens is 346 g/mol. The zero-order chi connectivity index (χ0) is 18.2. The van der Waals surface area contributed by atoms with E-state index in [-0.39, 0.29) is 0 Å². The Morgan fingerprint density at radius 3 is 2.79 bits per heavy atom. The molecule has 0 spiro atoms. The van der Waals surface area contributed by atoms with Crippen molar-refractivity contribution in [1.29, 1.82) is 0 Å². The van der Waals surface area contributed by atoms with Crippen LogP contribution in [0.15, 0.2) is 48.9 Å². The number of imidazole rings is 2. The molecule has 2 bridgehead atoms. The predicted octanol–water partition coefficient (Wildman–Crippen LogP) is 4.08. The second-order valence-corrected chi connectivity index (χ2v) is 8.74. The summed E-state index contributed by atoms with van der Waals surface area (Å²) in [6.07, 6.45) is 12.6. The van der Waals surface area contributed by atoms with E-state index in [1.807, 2.05) is 12.4 Å². The fourth-order valence-corrected chi connectivity index (χ4v) is 5.65. The topological polar surface area (TPSA) is 38.4 Å². The summed E-state index contributed by atoms with van der Waals surface area (Å²) in [5.41, 5.74) is 5.85. The summed E-state index contributed by atoms with van der Waals surface area (Å²) in [6.45, 7) is 1.22. The summed E-state index contributed by atoms with van der Waals surface area (Å²) in [5.74, 6) is 1.29. The van der Waals surface area contributed by atoms with Gasteiger partial charge in [0.1, 0.15) is 11.5 Å². The maximum atomic E-state index is 5.09. The molecule has 2 atom stereocenters. The first-order valence-corrected chi connectivity index (χ1v) is 10.5. The number of hydrogen-bond acceptors (Lipinski definition) is 3. The molecule has 7 rings (SSSR count). The SMILES string of the molecule is c1cn2cc(-c3ccc4c(c3)nc3n4C4CC(C3)N(C3CCC3)C4)ccc2n1. The molecule has 5 heterocycles. The van der Waals surface area contributed by atoms with Gasteiger partial charge in [0.2, 0.25) is 0 Å². The molecule has 1 aromatic carbocycles. The van der Waals surface area contributed by atoms with Crippen LogP contribution < -0.4 is 0 Å². The van der Waals surface area contributed by atoms with Gasteiger partial charge in [0, 0.05) is 49.7 Å². The van der Waals surface area contributed by atoms with Crippen LogP contribution in [0.5, 0.6) is 0 Å². The highest BCUT2D eigenvalue weighted by Crippen LogP contribution is 2.42. The smallest absolute Gasteiger partial charge is 0.136 e. The lowest BCUT2D eigenvalue weighted by molar-refractivity contribution is 0.114. The third-order valence-electron chi connectivity index (χ3n) is 7.25. The van der Waals surface area contributed by atoms with E-state index in [0.29, 0.717) is 12.1 Å². The second-order valence-electron chi connectivity index (χ2n) is 8.74. The number of likely N-dealkylation sites (tertiary alicyclic amines) is 1. The Balaban J connectivity index is 1.29. The van der Waals surface area contributed by atoms with Crippen molar-refractivity contribution in [2.24, 2.45) is 0 Å². The molecule has 140 valence electrons. The summed E-state index contributed by atoms with van der Waals surface area (Å²) >= 11 is 0. The number of pyridine rings is 1. The van der Waals surface area contributed by atoms with E-state index in [4.69, 9.17) is 4.98 Å². The van der Waals surface area contributed by atoms with Crippen molar-refractivity contribution in [3.05, 3.63) is 54.7 Å². The minimum Gasteiger partial charge on any atom is -0.323 e. The molecule has 3 aliphatic rings. The molecule has 2 fully saturated rings. The van der Waals surface area contributed by atoms with E-state index in [0.717, 1.165) is 23.6 Å². The maximum absolute atomic E-state index is 5.09. The number of fused-ring (bicyclic) bond motifs is 7. The minimum atomic E-state index is 0.604. The molecule has 0 radical (unpaired) electrons. The van der Waals surface area contributed by atoms with Gasteiger partial charge in [0.05, 0.1) is 11.0 Å². The van der Waals surface area contributed by atoms with Crippen molar-refractivity contribution in [3.63, 3.8) is 0 Å². The molecule has 0 N–H and O–H groups in total. The van der Waals surface area contributed by atoms with Gasteiger partial charge >= 0.3 is 0 Å². The van der Waals surface area contributed by atoms with Crippen molar-refractivity contribution in [3.8, 4) is 11.1 Å². The molecule has 1 saturated carbocycles. The van der Waals surface area contributed by atoms with Crippen LogP contribution in [0.2, 0.25) is 0 Å². The van der Waals surface area contributed by atoms with Crippen LogP contribution in [0, 0.1) is 0 Å². The molecule has 28 heavy (non-hydrogen) atoms. The van der Waals surface area contributed by atoms with Gasteiger partial charge in [-0.15, -0.1) is 0 Å². The first kappa shape index (κ1) is 15.3. The molecule has 5 heteroatoms. The molecule has 1 saturated heterocycles. The van der Waals surface area contributed by atoms with Crippen molar-refractivity contribution >= 4 is 16.7 Å². The molecule has 4 aromatic rings. The first-order valence-electron chi connectivity index (χ1n) is 10.5. The molecule has 5 nitrogen and oxygen atoms in total. The summed E-state index contributed by atoms with van der Waals surface area (Å²) in [5, 5.41) is 0. The highest BCUT2D eigenvalue weighted by molar-refractivity contribution is 5.83. The Morgan fingerprint density at radius 2 is 1.89 bits per heavy atom. The normalized spacial score (nSPS) is 24.7. The lowest BCUT2D eigenvalue weighted by atomic mass is 9.90. The highest BCUT2D eigenvalue weighted by Gasteiger charge is 2.43. The molecule has 2 unspecified atom stereocenters. The summed E-state index contributed by atoms with van der Waals surface area (Å²) in [6, 6.07) is 13.2. The van der Waals surface area contributed by atoms with E-state index in [9.17, 15) is 0 Å². The Morgan fingerprint density at radius 1 is 0.964 bits per heavy atom. The van der Waals surface area contributed by atoms with Gasteiger partial charge < -0.3 is 8.97 Å². The van der Waals surface area contributed by atoms with Crippen LogP contribution in [0.4, 0.5) is 0 Å². The lowest BCUT2D eigenvalue weighted by Gasteiger charge is -2.38. The zero-order valence-electron chi connectivity index (χ0n) is 15.8. The lowest BCUT2D eigenvalue weighted by Crippen LogP contribution is -2.43. The Bertz CT molecular complexity index is 1210. The average Bonchev–Trinajstić information content (AvgIpc) is 3.36. The van der Waals surface area contributed by atoms with Crippen molar-refractivity contribution < 1.29 is 0 Å². The Hall–Kier alpha value is -2.66. The van der Waals surface area contributed by atoms with Crippen LogP contribution in [0.1, 0.15) is 37.5 Å². The van der Waals surface area contributed by atoms with Gasteiger partial charge in [-0.1, -0.05) is 12.5 Å².